The second kappa shape index (κ2) is 8.97. The van der Waals surface area contributed by atoms with Crippen molar-refractivity contribution in [2.24, 2.45) is 7.05 Å². The smallest absolute Gasteiger partial charge is 0.273 e. The molecule has 3 aromatic rings. The van der Waals surface area contributed by atoms with Crippen LogP contribution in [-0.2, 0) is 17.1 Å². The molecule has 1 aromatic heterocycles. The van der Waals surface area contributed by atoms with E-state index in [0.29, 0.717) is 39.8 Å². The maximum Gasteiger partial charge on any atom is 0.273 e. The van der Waals surface area contributed by atoms with Crippen LogP contribution in [0.4, 0.5) is 11.4 Å². The van der Waals surface area contributed by atoms with Gasteiger partial charge in [0.25, 0.3) is 15.6 Å². The summed E-state index contributed by atoms with van der Waals surface area (Å²) < 4.78 is 39.1. The molecule has 1 heterocycles. The highest BCUT2D eigenvalue weighted by atomic mass is 32.2. The fourth-order valence-corrected chi connectivity index (χ4v) is 3.48. The number of nitrogens with one attached hydrogen (secondary N) is 2. The third kappa shape index (κ3) is 5.07. The Morgan fingerprint density at radius 3 is 2.52 bits per heavy atom. The Kier molecular flexibility index (Phi) is 6.36. The minimum absolute atomic E-state index is 0.190. The number of benzene rings is 2. The number of hydrogen-bond acceptors (Lipinski definition) is 6. The summed E-state index contributed by atoms with van der Waals surface area (Å²) >= 11 is 0. The van der Waals surface area contributed by atoms with E-state index in [9.17, 15) is 13.2 Å². The molecule has 0 aliphatic carbocycles. The molecule has 0 aliphatic rings. The number of sulfonamides is 1. The highest BCUT2D eigenvalue weighted by Crippen LogP contribution is 2.37. The van der Waals surface area contributed by atoms with E-state index < -0.39 is 10.0 Å². The molecule has 9 heteroatoms. The van der Waals surface area contributed by atoms with E-state index in [1.165, 1.54) is 4.57 Å². The number of aromatic nitrogens is 1. The Balaban J connectivity index is 2.15. The lowest BCUT2D eigenvalue weighted by Crippen LogP contribution is -2.19. The highest BCUT2D eigenvalue weighted by molar-refractivity contribution is 7.95. The summed E-state index contributed by atoms with van der Waals surface area (Å²) in [6, 6.07) is 13.7. The van der Waals surface area contributed by atoms with Crippen molar-refractivity contribution in [1.29, 1.82) is 0 Å². The zero-order valence-corrected chi connectivity index (χ0v) is 18.2. The molecule has 0 unspecified atom stereocenters. The van der Waals surface area contributed by atoms with Gasteiger partial charge in [-0.3, -0.25) is 9.52 Å². The van der Waals surface area contributed by atoms with Crippen LogP contribution in [0.1, 0.15) is 0 Å². The molecule has 31 heavy (non-hydrogen) atoms. The third-order valence-corrected chi connectivity index (χ3v) is 5.45. The number of rotatable bonds is 8. The van der Waals surface area contributed by atoms with Gasteiger partial charge in [-0.25, -0.2) is 8.42 Å². The van der Waals surface area contributed by atoms with E-state index in [4.69, 9.17) is 9.47 Å². The summed E-state index contributed by atoms with van der Waals surface area (Å²) in [4.78, 5) is 12.3. The van der Waals surface area contributed by atoms with Crippen molar-refractivity contribution in [1.82, 2.24) is 4.57 Å². The molecule has 8 nitrogen and oxygen atoms in total. The maximum atomic E-state index is 12.3. The Hall–Kier alpha value is -3.72. The van der Waals surface area contributed by atoms with Gasteiger partial charge in [0, 0.05) is 48.6 Å². The lowest BCUT2D eigenvalue weighted by molar-refractivity contribution is 0.409. The third-order valence-electron chi connectivity index (χ3n) is 4.49. The van der Waals surface area contributed by atoms with E-state index in [2.05, 4.69) is 16.6 Å². The molecule has 0 atom stereocenters. The molecule has 2 N–H and O–H groups in total. The minimum atomic E-state index is -3.69. The van der Waals surface area contributed by atoms with Crippen molar-refractivity contribution in [2.75, 3.05) is 24.2 Å². The minimum Gasteiger partial charge on any atom is -0.497 e. The Bertz CT molecular complexity index is 1280. The predicted octanol–water partition coefficient (Wildman–Crippen LogP) is 3.78. The topological polar surface area (TPSA) is 98.7 Å². The Labute approximate surface area is 180 Å². The second-order valence-electron chi connectivity index (χ2n) is 6.61. The normalized spacial score (nSPS) is 10.9. The van der Waals surface area contributed by atoms with Crippen LogP contribution < -0.4 is 25.1 Å². The molecule has 3 rings (SSSR count). The summed E-state index contributed by atoms with van der Waals surface area (Å²) in [5, 5.41) is 3.71. The number of anilines is 2. The van der Waals surface area contributed by atoms with E-state index in [1.54, 1.807) is 75.9 Å². The number of nitrogens with zero attached hydrogens (tertiary/aromatic N) is 1. The van der Waals surface area contributed by atoms with Gasteiger partial charge in [-0.05, 0) is 36.4 Å². The van der Waals surface area contributed by atoms with Gasteiger partial charge >= 0.3 is 0 Å². The zero-order valence-electron chi connectivity index (χ0n) is 17.4. The van der Waals surface area contributed by atoms with Gasteiger partial charge in [0.05, 0.1) is 7.11 Å². The SMILES string of the molecule is C=CS(=O)(=O)Nc1ccc(Oc2cccc(OC)c2)c(-c2cc(NC)c(=O)n(C)c2)c1. The van der Waals surface area contributed by atoms with Gasteiger partial charge in [-0.1, -0.05) is 12.6 Å². The molecule has 162 valence electrons. The summed E-state index contributed by atoms with van der Waals surface area (Å²) in [5.41, 5.74) is 1.77. The first-order valence-electron chi connectivity index (χ1n) is 9.26. The van der Waals surface area contributed by atoms with Crippen molar-refractivity contribution < 1.29 is 17.9 Å². The van der Waals surface area contributed by atoms with Gasteiger partial charge in [0.1, 0.15) is 22.9 Å². The molecule has 0 radical (unpaired) electrons. The summed E-state index contributed by atoms with van der Waals surface area (Å²) in [6.45, 7) is 3.31. The first-order valence-corrected chi connectivity index (χ1v) is 10.8. The van der Waals surface area contributed by atoms with Crippen LogP contribution in [0.15, 0.2) is 71.5 Å². The van der Waals surface area contributed by atoms with Crippen LogP contribution in [0.3, 0.4) is 0 Å². The van der Waals surface area contributed by atoms with E-state index in [-0.39, 0.29) is 5.56 Å². The second-order valence-corrected chi connectivity index (χ2v) is 8.24. The largest absolute Gasteiger partial charge is 0.497 e. The van der Waals surface area contributed by atoms with Crippen LogP contribution in [0, 0.1) is 0 Å². The van der Waals surface area contributed by atoms with E-state index in [0.717, 1.165) is 5.41 Å². The number of pyridine rings is 1. The summed E-state index contributed by atoms with van der Waals surface area (Å²) in [6.07, 6.45) is 1.66. The van der Waals surface area contributed by atoms with Crippen molar-refractivity contribution >= 4 is 21.4 Å². The lowest BCUT2D eigenvalue weighted by atomic mass is 10.0. The van der Waals surface area contributed by atoms with E-state index >= 15 is 0 Å². The Morgan fingerprint density at radius 2 is 1.84 bits per heavy atom. The number of methoxy groups -OCH3 is 1. The van der Waals surface area contributed by atoms with Gasteiger partial charge in [0.2, 0.25) is 0 Å². The van der Waals surface area contributed by atoms with Crippen LogP contribution in [-0.4, -0.2) is 27.1 Å². The number of aryl methyl sites for hydroxylation is 1. The molecule has 0 saturated carbocycles. The van der Waals surface area contributed by atoms with Crippen LogP contribution in [0.5, 0.6) is 17.2 Å². The van der Waals surface area contributed by atoms with Gasteiger partial charge in [-0.15, -0.1) is 0 Å². The molecule has 0 saturated heterocycles. The quantitative estimate of drug-likeness (QED) is 0.552. The van der Waals surface area contributed by atoms with Crippen LogP contribution in [0.2, 0.25) is 0 Å². The maximum absolute atomic E-state index is 12.3. The summed E-state index contributed by atoms with van der Waals surface area (Å²) in [7, 11) is 1.17. The van der Waals surface area contributed by atoms with Crippen molar-refractivity contribution in [2.45, 2.75) is 0 Å². The molecular weight excluding hydrogens is 418 g/mol. The fourth-order valence-electron chi connectivity index (χ4n) is 2.94. The standard InChI is InChI=1S/C22H23N3O5S/c1-5-31(27,28)24-16-9-10-21(30-18-8-6-7-17(13-18)29-4)19(12-16)15-11-20(23-2)22(26)25(3)14-15/h5-14,23-24H,1H2,2-4H3. The number of ether oxygens (including phenoxy) is 2. The van der Waals surface area contributed by atoms with Gasteiger partial charge < -0.3 is 19.4 Å². The average Bonchev–Trinajstić information content (AvgIpc) is 2.76. The zero-order chi connectivity index (χ0) is 22.6. The molecule has 0 aliphatic heterocycles. The average molecular weight is 442 g/mol. The van der Waals surface area contributed by atoms with Gasteiger partial charge in [-0.2, -0.15) is 0 Å². The predicted molar refractivity (Wildman–Crippen MR) is 122 cm³/mol. The van der Waals surface area contributed by atoms with Crippen molar-refractivity contribution in [3.63, 3.8) is 0 Å². The molecule has 0 amide bonds. The van der Waals surface area contributed by atoms with Crippen LogP contribution in [0.25, 0.3) is 11.1 Å². The van der Waals surface area contributed by atoms with Crippen molar-refractivity contribution in [3.05, 3.63) is 77.1 Å². The molecular formula is C22H23N3O5S. The fraction of sp³-hybridized carbons (Fsp3) is 0.136. The van der Waals surface area contributed by atoms with Gasteiger partial charge in [0.15, 0.2) is 0 Å². The number of hydrogen-bond donors (Lipinski definition) is 2. The van der Waals surface area contributed by atoms with Crippen LogP contribution >= 0.6 is 0 Å². The first-order chi connectivity index (χ1) is 14.8. The monoisotopic (exact) mass is 441 g/mol. The Morgan fingerprint density at radius 1 is 1.10 bits per heavy atom. The molecule has 0 spiro atoms. The molecule has 0 bridgehead atoms. The molecule has 0 fully saturated rings. The molecule has 2 aromatic carbocycles. The first kappa shape index (κ1) is 22.0. The van der Waals surface area contributed by atoms with Crippen molar-refractivity contribution in [3.8, 4) is 28.4 Å². The summed E-state index contributed by atoms with van der Waals surface area (Å²) in [5.74, 6) is 1.64. The van der Waals surface area contributed by atoms with E-state index in [1.807, 2.05) is 0 Å². The highest BCUT2D eigenvalue weighted by Gasteiger charge is 2.14. The lowest BCUT2D eigenvalue weighted by Gasteiger charge is -2.16.